The Morgan fingerprint density at radius 3 is 2.50 bits per heavy atom. The third kappa shape index (κ3) is 3.94. The average molecular weight is 306 g/mol. The Morgan fingerprint density at radius 2 is 1.82 bits per heavy atom. The smallest absolute Gasteiger partial charge is 0.416 e. The van der Waals surface area contributed by atoms with Crippen LogP contribution in [0.25, 0.3) is 0 Å². The maximum absolute atomic E-state index is 12.7. The average Bonchev–Trinajstić information content (AvgIpc) is 2.48. The number of para-hydroxylation sites is 1. The van der Waals surface area contributed by atoms with Gasteiger partial charge in [-0.15, -0.1) is 0 Å². The van der Waals surface area contributed by atoms with E-state index >= 15 is 0 Å². The number of halogens is 3. The zero-order chi connectivity index (χ0) is 16.2. The molecule has 0 saturated heterocycles. The van der Waals surface area contributed by atoms with Crippen molar-refractivity contribution in [1.82, 2.24) is 0 Å². The van der Waals surface area contributed by atoms with E-state index in [9.17, 15) is 18.3 Å². The van der Waals surface area contributed by atoms with E-state index in [0.29, 0.717) is 16.8 Å². The molecule has 114 valence electrons. The summed E-state index contributed by atoms with van der Waals surface area (Å²) >= 11 is 0. The van der Waals surface area contributed by atoms with Gasteiger partial charge < -0.3 is 5.11 Å². The number of benzene rings is 2. The summed E-state index contributed by atoms with van der Waals surface area (Å²) in [6.07, 6.45) is -3.05. The second kappa shape index (κ2) is 6.43. The molecule has 2 aromatic carbocycles. The first-order valence-electron chi connectivity index (χ1n) is 6.41. The summed E-state index contributed by atoms with van der Waals surface area (Å²) in [7, 11) is 0. The summed E-state index contributed by atoms with van der Waals surface area (Å²) in [6.45, 7) is 1.57. The highest BCUT2D eigenvalue weighted by Crippen LogP contribution is 2.29. The Bertz CT molecular complexity index is 721. The second-order valence-corrected chi connectivity index (χ2v) is 4.57. The van der Waals surface area contributed by atoms with E-state index in [1.54, 1.807) is 25.1 Å². The van der Waals surface area contributed by atoms with Crippen molar-refractivity contribution < 1.29 is 18.3 Å². The van der Waals surface area contributed by atoms with E-state index in [-0.39, 0.29) is 5.75 Å². The largest absolute Gasteiger partial charge is 0.507 e. The minimum Gasteiger partial charge on any atom is -0.507 e. The number of alkyl halides is 3. The highest BCUT2D eigenvalue weighted by Gasteiger charge is 2.30. The van der Waals surface area contributed by atoms with Crippen molar-refractivity contribution >= 4 is 11.9 Å². The number of phenolic OH excluding ortho intramolecular Hbond substituents is 1. The van der Waals surface area contributed by atoms with Crippen molar-refractivity contribution in [2.24, 2.45) is 10.2 Å². The second-order valence-electron chi connectivity index (χ2n) is 4.57. The van der Waals surface area contributed by atoms with Crippen LogP contribution < -0.4 is 0 Å². The predicted octanol–water partition coefficient (Wildman–Crippen LogP) is 4.25. The van der Waals surface area contributed by atoms with Crippen LogP contribution in [0.15, 0.2) is 58.7 Å². The molecule has 0 atom stereocenters. The molecule has 0 aromatic heterocycles. The first-order valence-corrected chi connectivity index (χ1v) is 6.41. The zero-order valence-electron chi connectivity index (χ0n) is 11.7. The van der Waals surface area contributed by atoms with Crippen molar-refractivity contribution in [2.75, 3.05) is 0 Å². The maximum atomic E-state index is 12.7. The van der Waals surface area contributed by atoms with Crippen molar-refractivity contribution in [3.8, 4) is 5.75 Å². The van der Waals surface area contributed by atoms with Crippen LogP contribution in [0.3, 0.4) is 0 Å². The topological polar surface area (TPSA) is 45.0 Å². The molecule has 0 fully saturated rings. The van der Waals surface area contributed by atoms with Gasteiger partial charge in [-0.25, -0.2) is 0 Å². The number of phenols is 1. The van der Waals surface area contributed by atoms with E-state index in [0.717, 1.165) is 12.1 Å². The van der Waals surface area contributed by atoms with Crippen molar-refractivity contribution in [3.63, 3.8) is 0 Å². The molecule has 2 aromatic rings. The fraction of sp³-hybridized carbons (Fsp3) is 0.125. The number of hydrogen-bond donors (Lipinski definition) is 1. The Balaban J connectivity index is 2.21. The molecule has 6 heteroatoms. The molecule has 0 aliphatic rings. The van der Waals surface area contributed by atoms with E-state index in [4.69, 9.17) is 0 Å². The highest BCUT2D eigenvalue weighted by atomic mass is 19.4. The van der Waals surface area contributed by atoms with Crippen molar-refractivity contribution in [3.05, 3.63) is 65.2 Å². The molecule has 0 aliphatic carbocycles. The lowest BCUT2D eigenvalue weighted by Gasteiger charge is -2.07. The van der Waals surface area contributed by atoms with Gasteiger partial charge in [0.1, 0.15) is 5.75 Å². The Hall–Kier alpha value is -2.63. The molecular weight excluding hydrogens is 293 g/mol. The lowest BCUT2D eigenvalue weighted by atomic mass is 10.1. The maximum Gasteiger partial charge on any atom is 0.416 e. The van der Waals surface area contributed by atoms with Gasteiger partial charge >= 0.3 is 6.18 Å². The monoisotopic (exact) mass is 306 g/mol. The van der Waals surface area contributed by atoms with Gasteiger partial charge in [-0.1, -0.05) is 24.3 Å². The molecule has 0 aliphatic heterocycles. The summed E-state index contributed by atoms with van der Waals surface area (Å²) in [4.78, 5) is 0. The fourth-order valence-corrected chi connectivity index (χ4v) is 1.75. The fourth-order valence-electron chi connectivity index (χ4n) is 1.75. The molecule has 22 heavy (non-hydrogen) atoms. The lowest BCUT2D eigenvalue weighted by molar-refractivity contribution is -0.137. The van der Waals surface area contributed by atoms with Crippen LogP contribution >= 0.6 is 0 Å². The van der Waals surface area contributed by atoms with Gasteiger partial charge in [0.05, 0.1) is 17.5 Å². The summed E-state index contributed by atoms with van der Waals surface area (Å²) in [5.74, 6) is 0.0539. The molecule has 0 unspecified atom stereocenters. The molecule has 2 rings (SSSR count). The minimum atomic E-state index is -4.39. The number of rotatable bonds is 3. The van der Waals surface area contributed by atoms with Gasteiger partial charge in [0.15, 0.2) is 0 Å². The van der Waals surface area contributed by atoms with Crippen LogP contribution in [0, 0.1) is 0 Å². The highest BCUT2D eigenvalue weighted by molar-refractivity contribution is 5.99. The summed E-state index contributed by atoms with van der Waals surface area (Å²) < 4.78 is 38.0. The molecule has 0 bridgehead atoms. The lowest BCUT2D eigenvalue weighted by Crippen LogP contribution is -2.06. The molecule has 3 nitrogen and oxygen atoms in total. The van der Waals surface area contributed by atoms with E-state index in [1.165, 1.54) is 24.4 Å². The Morgan fingerprint density at radius 1 is 1.09 bits per heavy atom. The van der Waals surface area contributed by atoms with E-state index in [2.05, 4.69) is 10.2 Å². The van der Waals surface area contributed by atoms with Crippen LogP contribution in [0.2, 0.25) is 0 Å². The third-order valence-corrected chi connectivity index (χ3v) is 2.95. The van der Waals surface area contributed by atoms with Gasteiger partial charge in [0.2, 0.25) is 0 Å². The van der Waals surface area contributed by atoms with E-state index < -0.39 is 11.7 Å². The SMILES string of the molecule is CC(=NN=Cc1ccccc1O)c1cccc(C(F)(F)F)c1. The zero-order valence-corrected chi connectivity index (χ0v) is 11.7. The Labute approximate surface area is 125 Å². The van der Waals surface area contributed by atoms with Crippen molar-refractivity contribution in [2.45, 2.75) is 13.1 Å². The number of aromatic hydroxyl groups is 1. The molecule has 0 amide bonds. The van der Waals surface area contributed by atoms with E-state index in [1.807, 2.05) is 0 Å². The van der Waals surface area contributed by atoms with Crippen LogP contribution in [0.4, 0.5) is 13.2 Å². The van der Waals surface area contributed by atoms with Crippen LogP contribution in [0.1, 0.15) is 23.6 Å². The van der Waals surface area contributed by atoms with Gasteiger partial charge in [-0.3, -0.25) is 0 Å². The number of nitrogens with zero attached hydrogens (tertiary/aromatic N) is 2. The molecule has 1 N–H and O–H groups in total. The molecular formula is C16H13F3N2O. The van der Waals surface area contributed by atoms with Crippen molar-refractivity contribution in [1.29, 1.82) is 0 Å². The Kier molecular flexibility index (Phi) is 4.60. The normalized spacial score (nSPS) is 12.8. The van der Waals surface area contributed by atoms with Gasteiger partial charge in [-0.05, 0) is 36.8 Å². The van der Waals surface area contributed by atoms with Crippen LogP contribution in [-0.4, -0.2) is 17.0 Å². The predicted molar refractivity (Wildman–Crippen MR) is 79.4 cm³/mol. The summed E-state index contributed by atoms with van der Waals surface area (Å²) in [6, 6.07) is 11.4. The molecule has 0 heterocycles. The molecule has 0 saturated carbocycles. The first-order chi connectivity index (χ1) is 10.4. The quantitative estimate of drug-likeness (QED) is 0.668. The molecule has 0 spiro atoms. The minimum absolute atomic E-state index is 0.0539. The first kappa shape index (κ1) is 15.8. The number of hydrogen-bond acceptors (Lipinski definition) is 3. The van der Waals surface area contributed by atoms with Crippen LogP contribution in [0.5, 0.6) is 5.75 Å². The third-order valence-electron chi connectivity index (χ3n) is 2.95. The van der Waals surface area contributed by atoms with Crippen LogP contribution in [-0.2, 0) is 6.18 Å². The van der Waals surface area contributed by atoms with Gasteiger partial charge in [-0.2, -0.15) is 23.4 Å². The summed E-state index contributed by atoms with van der Waals surface area (Å²) in [5, 5.41) is 17.2. The molecule has 0 radical (unpaired) electrons. The van der Waals surface area contributed by atoms with Gasteiger partial charge in [0.25, 0.3) is 0 Å². The summed E-state index contributed by atoms with van der Waals surface area (Å²) in [5.41, 5.74) is 0.425. The van der Waals surface area contributed by atoms with Gasteiger partial charge in [0, 0.05) is 5.56 Å². The standard InChI is InChI=1S/C16H13F3N2O/c1-11(12-6-4-7-14(9-12)16(17,18)19)21-20-10-13-5-2-3-8-15(13)22/h2-10,22H,1H3.